The van der Waals surface area contributed by atoms with Gasteiger partial charge in [0.2, 0.25) is 0 Å². The molecule has 0 spiro atoms. The smallest absolute Gasteiger partial charge is 0.254 e. The van der Waals surface area contributed by atoms with Crippen LogP contribution in [0.2, 0.25) is 5.02 Å². The lowest BCUT2D eigenvalue weighted by atomic mass is 10.2. The van der Waals surface area contributed by atoms with E-state index in [1.807, 2.05) is 0 Å². The Kier molecular flexibility index (Phi) is 2.64. The van der Waals surface area contributed by atoms with Gasteiger partial charge in [0.05, 0.1) is 11.0 Å². The summed E-state index contributed by atoms with van der Waals surface area (Å²) in [5.41, 5.74) is 0.560. The summed E-state index contributed by atoms with van der Waals surface area (Å²) in [5.74, 6) is 0.00542. The van der Waals surface area contributed by atoms with Crippen molar-refractivity contribution in [3.63, 3.8) is 0 Å². The standard InChI is InChI=1S/C12H12ClNO3S/c13-9-3-1-8(2-4-9)12(15)14-6-11-5-10(14)7-18(11,16)17/h1-4,10-11H,5-7H2. The Balaban J connectivity index is 1.82. The molecule has 6 heteroatoms. The average molecular weight is 286 g/mol. The number of rotatable bonds is 1. The van der Waals surface area contributed by atoms with Gasteiger partial charge in [-0.1, -0.05) is 11.6 Å². The summed E-state index contributed by atoms with van der Waals surface area (Å²) in [4.78, 5) is 13.9. The van der Waals surface area contributed by atoms with Crippen molar-refractivity contribution in [1.29, 1.82) is 0 Å². The van der Waals surface area contributed by atoms with Crippen molar-refractivity contribution in [2.45, 2.75) is 17.7 Å². The average Bonchev–Trinajstić information content (AvgIpc) is 2.84. The van der Waals surface area contributed by atoms with Crippen LogP contribution in [0.15, 0.2) is 24.3 Å². The molecular weight excluding hydrogens is 274 g/mol. The summed E-state index contributed by atoms with van der Waals surface area (Å²) in [6.45, 7) is 0.328. The quantitative estimate of drug-likeness (QED) is 0.783. The Labute approximate surface area is 110 Å². The number of benzene rings is 1. The number of carbonyl (C=O) groups excluding carboxylic acids is 1. The third-order valence-corrected chi connectivity index (χ3v) is 6.12. The van der Waals surface area contributed by atoms with Crippen molar-refractivity contribution in [3.8, 4) is 0 Å². The van der Waals surface area contributed by atoms with E-state index in [4.69, 9.17) is 11.6 Å². The van der Waals surface area contributed by atoms with Crippen molar-refractivity contribution in [1.82, 2.24) is 4.90 Å². The topological polar surface area (TPSA) is 54.5 Å². The molecule has 2 atom stereocenters. The van der Waals surface area contributed by atoms with Gasteiger partial charge in [-0.25, -0.2) is 8.42 Å². The molecule has 2 aliphatic rings. The highest BCUT2D eigenvalue weighted by molar-refractivity contribution is 7.92. The van der Waals surface area contributed by atoms with Crippen LogP contribution in [0.1, 0.15) is 16.8 Å². The van der Waals surface area contributed by atoms with Crippen LogP contribution in [-0.2, 0) is 9.84 Å². The minimum atomic E-state index is -2.96. The molecule has 2 aliphatic heterocycles. The number of halogens is 1. The van der Waals surface area contributed by atoms with E-state index in [9.17, 15) is 13.2 Å². The van der Waals surface area contributed by atoms with Crippen LogP contribution in [0.5, 0.6) is 0 Å². The Hall–Kier alpha value is -1.07. The molecule has 0 aliphatic carbocycles. The van der Waals surface area contributed by atoms with Crippen LogP contribution in [0.4, 0.5) is 0 Å². The number of amides is 1. The van der Waals surface area contributed by atoms with Crippen LogP contribution in [0.3, 0.4) is 0 Å². The SMILES string of the molecule is O=C(c1ccc(Cl)cc1)N1CC2CC1CS2(=O)=O. The Morgan fingerprint density at radius 1 is 1.28 bits per heavy atom. The van der Waals surface area contributed by atoms with E-state index in [0.29, 0.717) is 23.6 Å². The summed E-state index contributed by atoms with van der Waals surface area (Å²) >= 11 is 5.77. The van der Waals surface area contributed by atoms with Crippen molar-refractivity contribution in [2.24, 2.45) is 0 Å². The predicted octanol–water partition coefficient (Wildman–Crippen LogP) is 1.35. The molecule has 0 aromatic heterocycles. The molecule has 18 heavy (non-hydrogen) atoms. The van der Waals surface area contributed by atoms with Gasteiger partial charge < -0.3 is 4.90 Å². The second-order valence-electron chi connectivity index (χ2n) is 4.81. The minimum Gasteiger partial charge on any atom is -0.333 e. The lowest BCUT2D eigenvalue weighted by Crippen LogP contribution is -2.44. The zero-order valence-electron chi connectivity index (χ0n) is 9.54. The maximum Gasteiger partial charge on any atom is 0.254 e. The van der Waals surface area contributed by atoms with Gasteiger partial charge in [0.1, 0.15) is 0 Å². The molecule has 4 nitrogen and oxygen atoms in total. The van der Waals surface area contributed by atoms with Gasteiger partial charge >= 0.3 is 0 Å². The van der Waals surface area contributed by atoms with Gasteiger partial charge in [0.25, 0.3) is 5.91 Å². The Morgan fingerprint density at radius 2 is 1.94 bits per heavy atom. The lowest BCUT2D eigenvalue weighted by molar-refractivity contribution is 0.0746. The van der Waals surface area contributed by atoms with Gasteiger partial charge in [-0.2, -0.15) is 0 Å². The molecule has 1 aromatic carbocycles. The van der Waals surface area contributed by atoms with Crippen LogP contribution in [-0.4, -0.2) is 42.8 Å². The first-order chi connectivity index (χ1) is 8.47. The van der Waals surface area contributed by atoms with Crippen molar-refractivity contribution in [2.75, 3.05) is 12.3 Å². The van der Waals surface area contributed by atoms with Crippen molar-refractivity contribution < 1.29 is 13.2 Å². The summed E-state index contributed by atoms with van der Waals surface area (Å²) < 4.78 is 23.2. The van der Waals surface area contributed by atoms with Crippen LogP contribution < -0.4 is 0 Å². The molecule has 1 aromatic rings. The van der Waals surface area contributed by atoms with Gasteiger partial charge in [-0.3, -0.25) is 4.79 Å². The van der Waals surface area contributed by atoms with Gasteiger partial charge in [-0.05, 0) is 30.7 Å². The van der Waals surface area contributed by atoms with Crippen molar-refractivity contribution in [3.05, 3.63) is 34.9 Å². The summed E-state index contributed by atoms with van der Waals surface area (Å²) in [6.07, 6.45) is 0.585. The van der Waals surface area contributed by atoms with E-state index in [2.05, 4.69) is 0 Å². The lowest BCUT2D eigenvalue weighted by Gasteiger charge is -2.26. The van der Waals surface area contributed by atoms with E-state index < -0.39 is 9.84 Å². The number of sulfone groups is 1. The first-order valence-corrected chi connectivity index (χ1v) is 7.85. The van der Waals surface area contributed by atoms with E-state index in [0.717, 1.165) is 0 Å². The molecule has 0 N–H and O–H groups in total. The molecule has 3 rings (SSSR count). The third kappa shape index (κ3) is 1.82. The maximum atomic E-state index is 12.2. The molecule has 2 bridgehead atoms. The molecule has 2 fully saturated rings. The normalized spacial score (nSPS) is 28.6. The number of likely N-dealkylation sites (tertiary alicyclic amines) is 1. The van der Waals surface area contributed by atoms with E-state index >= 15 is 0 Å². The van der Waals surface area contributed by atoms with E-state index in [1.54, 1.807) is 29.2 Å². The maximum absolute atomic E-state index is 12.2. The first-order valence-electron chi connectivity index (χ1n) is 5.75. The fourth-order valence-corrected chi connectivity index (χ4v) is 4.86. The monoisotopic (exact) mass is 285 g/mol. The molecule has 0 saturated carbocycles. The molecular formula is C12H12ClNO3S. The number of fused-ring (bicyclic) bond motifs is 2. The fraction of sp³-hybridized carbons (Fsp3) is 0.417. The zero-order valence-corrected chi connectivity index (χ0v) is 11.1. The molecule has 2 heterocycles. The second-order valence-corrected chi connectivity index (χ2v) is 7.57. The number of hydrogen-bond donors (Lipinski definition) is 0. The zero-order chi connectivity index (χ0) is 12.9. The second kappa shape index (κ2) is 3.96. The predicted molar refractivity (Wildman–Crippen MR) is 68.5 cm³/mol. The highest BCUT2D eigenvalue weighted by atomic mass is 35.5. The summed E-state index contributed by atoms with van der Waals surface area (Å²) in [7, 11) is -2.96. The van der Waals surface area contributed by atoms with Gasteiger partial charge in [-0.15, -0.1) is 0 Å². The highest BCUT2D eigenvalue weighted by Gasteiger charge is 2.49. The van der Waals surface area contributed by atoms with Gasteiger partial charge in [0.15, 0.2) is 9.84 Å². The number of hydrogen-bond acceptors (Lipinski definition) is 3. The first kappa shape index (κ1) is 12.0. The van der Waals surface area contributed by atoms with Gasteiger partial charge in [0, 0.05) is 23.2 Å². The Bertz CT molecular complexity index is 596. The summed E-state index contributed by atoms with van der Waals surface area (Å²) in [5, 5.41) is 0.218. The van der Waals surface area contributed by atoms with Crippen LogP contribution in [0, 0.1) is 0 Å². The van der Waals surface area contributed by atoms with Crippen LogP contribution in [0.25, 0.3) is 0 Å². The molecule has 2 unspecified atom stereocenters. The van der Waals surface area contributed by atoms with E-state index in [1.165, 1.54) is 0 Å². The molecule has 1 amide bonds. The molecule has 2 saturated heterocycles. The fourth-order valence-electron chi connectivity index (χ4n) is 2.70. The third-order valence-electron chi connectivity index (χ3n) is 3.66. The van der Waals surface area contributed by atoms with Crippen LogP contribution >= 0.6 is 11.6 Å². The number of nitrogens with zero attached hydrogens (tertiary/aromatic N) is 1. The molecule has 0 radical (unpaired) electrons. The number of carbonyl (C=O) groups is 1. The minimum absolute atomic E-state index is 0.103. The van der Waals surface area contributed by atoms with Crippen molar-refractivity contribution >= 4 is 27.3 Å². The largest absolute Gasteiger partial charge is 0.333 e. The van der Waals surface area contributed by atoms with E-state index in [-0.39, 0.29) is 23.0 Å². The highest BCUT2D eigenvalue weighted by Crippen LogP contribution is 2.33. The Morgan fingerprint density at radius 3 is 2.44 bits per heavy atom. The summed E-state index contributed by atoms with van der Waals surface area (Å²) in [6, 6.07) is 6.53. The molecule has 96 valence electrons.